The van der Waals surface area contributed by atoms with Crippen LogP contribution in [-0.2, 0) is 9.59 Å². The average Bonchev–Trinajstić information content (AvgIpc) is 2.86. The van der Waals surface area contributed by atoms with Crippen molar-refractivity contribution in [1.82, 2.24) is 15.5 Å². The standard InChI is InChI=1S/C28H36N4O6Si/c1-27(2,3)32-22(19-33)28(23(32)34,39(4)5)17-12-18-29-24(30-25(35)37-20-13-8-6-9-14-20)31-26(36)38-21-15-10-7-11-16-21/h6-11,13-16,19,22,39H,12,17-18H2,1-5H3,(H2,29,30,31,35,36)/t22-,28-/m1/s1. The number of para-hydroxylation sites is 2. The number of ether oxygens (including phenoxy) is 2. The van der Waals surface area contributed by atoms with Crippen LogP contribution in [0.15, 0.2) is 65.7 Å². The molecular weight excluding hydrogens is 516 g/mol. The van der Waals surface area contributed by atoms with Crippen LogP contribution in [0.3, 0.4) is 0 Å². The third kappa shape index (κ3) is 7.11. The number of amides is 3. The van der Waals surface area contributed by atoms with Crippen LogP contribution in [0.4, 0.5) is 9.59 Å². The molecule has 2 aromatic rings. The number of aliphatic imine (C=N–C) groups is 1. The maximum absolute atomic E-state index is 13.3. The molecule has 2 aromatic carbocycles. The molecule has 1 aliphatic rings. The molecule has 0 unspecified atom stereocenters. The van der Waals surface area contributed by atoms with Crippen LogP contribution < -0.4 is 20.1 Å². The molecule has 1 fully saturated rings. The van der Waals surface area contributed by atoms with Crippen molar-refractivity contribution in [3.05, 3.63) is 60.7 Å². The predicted molar refractivity (Wildman–Crippen MR) is 151 cm³/mol. The van der Waals surface area contributed by atoms with Gasteiger partial charge in [-0.3, -0.25) is 10.1 Å². The third-order valence-corrected chi connectivity index (χ3v) is 9.63. The van der Waals surface area contributed by atoms with Gasteiger partial charge >= 0.3 is 12.2 Å². The fraction of sp³-hybridized carbons (Fsp3) is 0.393. The Balaban J connectivity index is 1.68. The van der Waals surface area contributed by atoms with E-state index in [0.717, 1.165) is 6.29 Å². The molecule has 39 heavy (non-hydrogen) atoms. The minimum atomic E-state index is -1.60. The molecule has 1 heterocycles. The van der Waals surface area contributed by atoms with E-state index in [0.29, 0.717) is 24.3 Å². The molecule has 208 valence electrons. The highest BCUT2D eigenvalue weighted by atomic mass is 28.3. The molecule has 3 rings (SSSR count). The zero-order chi connectivity index (χ0) is 28.6. The Morgan fingerprint density at radius 3 is 2.10 bits per heavy atom. The van der Waals surface area contributed by atoms with Gasteiger partial charge in [0.15, 0.2) is 0 Å². The van der Waals surface area contributed by atoms with Crippen LogP contribution in [0, 0.1) is 0 Å². The lowest BCUT2D eigenvalue weighted by Gasteiger charge is -2.60. The first kappa shape index (κ1) is 29.6. The van der Waals surface area contributed by atoms with Gasteiger partial charge in [0.05, 0.1) is 19.9 Å². The Kier molecular flexibility index (Phi) is 9.63. The number of β-lactam (4-membered cyclic amide) rings is 1. The zero-order valence-electron chi connectivity index (χ0n) is 23.0. The van der Waals surface area contributed by atoms with Crippen LogP contribution in [0.1, 0.15) is 33.6 Å². The second-order valence-electron chi connectivity index (χ2n) is 10.6. The molecule has 0 bridgehead atoms. The number of nitrogens with one attached hydrogen (secondary N) is 2. The number of likely N-dealkylation sites (tertiary alicyclic amines) is 1. The number of benzene rings is 2. The number of rotatable bonds is 8. The molecular formula is C28H36N4O6Si. The quantitative estimate of drug-likeness (QED) is 0.126. The van der Waals surface area contributed by atoms with E-state index in [1.807, 2.05) is 20.8 Å². The summed E-state index contributed by atoms with van der Waals surface area (Å²) in [5, 5.41) is 4.70. The predicted octanol–water partition coefficient (Wildman–Crippen LogP) is 4.14. The maximum atomic E-state index is 13.3. The van der Waals surface area contributed by atoms with Gasteiger partial charge in [0.25, 0.3) is 0 Å². The van der Waals surface area contributed by atoms with Crippen molar-refractivity contribution in [3.63, 3.8) is 0 Å². The number of carbonyl (C=O) groups is 4. The van der Waals surface area contributed by atoms with Gasteiger partial charge < -0.3 is 24.5 Å². The van der Waals surface area contributed by atoms with Crippen molar-refractivity contribution in [2.24, 2.45) is 4.99 Å². The minimum absolute atomic E-state index is 0.0126. The molecule has 0 spiro atoms. The molecule has 3 amide bonds. The van der Waals surface area contributed by atoms with E-state index in [9.17, 15) is 19.2 Å². The lowest BCUT2D eigenvalue weighted by Crippen LogP contribution is -2.73. The fourth-order valence-electron chi connectivity index (χ4n) is 4.80. The van der Waals surface area contributed by atoms with Gasteiger partial charge in [-0.15, -0.1) is 4.99 Å². The summed E-state index contributed by atoms with van der Waals surface area (Å²) in [6.07, 6.45) is 0.101. The van der Waals surface area contributed by atoms with Crippen LogP contribution >= 0.6 is 0 Å². The van der Waals surface area contributed by atoms with E-state index in [4.69, 9.17) is 9.47 Å². The summed E-state index contributed by atoms with van der Waals surface area (Å²) in [5.41, 5.74) is -0.449. The van der Waals surface area contributed by atoms with E-state index in [1.54, 1.807) is 65.6 Å². The van der Waals surface area contributed by atoms with Crippen LogP contribution in [0.2, 0.25) is 18.1 Å². The maximum Gasteiger partial charge on any atom is 0.442 e. The molecule has 0 aromatic heterocycles. The smallest absolute Gasteiger partial charge is 0.410 e. The first-order valence-electron chi connectivity index (χ1n) is 12.9. The van der Waals surface area contributed by atoms with Gasteiger partial charge in [-0.1, -0.05) is 49.5 Å². The molecule has 0 saturated carbocycles. The van der Waals surface area contributed by atoms with Crippen molar-refractivity contribution in [2.75, 3.05) is 6.54 Å². The summed E-state index contributed by atoms with van der Waals surface area (Å²) in [7, 11) is -1.60. The second-order valence-corrected chi connectivity index (χ2v) is 14.0. The lowest BCUT2D eigenvalue weighted by molar-refractivity contribution is -0.166. The highest BCUT2D eigenvalue weighted by Crippen LogP contribution is 2.54. The van der Waals surface area contributed by atoms with Gasteiger partial charge in [-0.2, -0.15) is 0 Å². The number of aldehydes is 1. The van der Waals surface area contributed by atoms with Gasteiger partial charge in [0.1, 0.15) is 17.8 Å². The number of guanidine groups is 1. The van der Waals surface area contributed by atoms with E-state index in [-0.39, 0.29) is 18.4 Å². The summed E-state index contributed by atoms with van der Waals surface area (Å²) in [4.78, 5) is 55.8. The van der Waals surface area contributed by atoms with Crippen molar-refractivity contribution < 1.29 is 28.7 Å². The van der Waals surface area contributed by atoms with E-state index < -0.39 is 37.6 Å². The number of carbonyl (C=O) groups excluding carboxylic acids is 4. The SMILES string of the molecule is C[SiH](C)[C@@]1(CCCN/C(=N\C(=O)Oc2ccccc2)NC(=O)Oc2ccccc2)C(=O)N(C(C)(C)C)[C@@H]1C=O. The highest BCUT2D eigenvalue weighted by Gasteiger charge is 2.64. The number of hydrogen-bond acceptors (Lipinski definition) is 6. The van der Waals surface area contributed by atoms with E-state index >= 15 is 0 Å². The summed E-state index contributed by atoms with van der Waals surface area (Å²) < 4.78 is 10.5. The van der Waals surface area contributed by atoms with E-state index in [2.05, 4.69) is 28.7 Å². The number of nitrogens with zero attached hydrogens (tertiary/aromatic N) is 2. The van der Waals surface area contributed by atoms with Gasteiger partial charge in [0.2, 0.25) is 11.9 Å². The number of hydrogen-bond donors (Lipinski definition) is 2. The van der Waals surface area contributed by atoms with Crippen molar-refractivity contribution in [2.45, 2.75) is 63.3 Å². The lowest BCUT2D eigenvalue weighted by atomic mass is 9.79. The minimum Gasteiger partial charge on any atom is -0.410 e. The molecule has 0 radical (unpaired) electrons. The van der Waals surface area contributed by atoms with Crippen molar-refractivity contribution >= 4 is 39.1 Å². The molecule has 2 N–H and O–H groups in total. The monoisotopic (exact) mass is 552 g/mol. The zero-order valence-corrected chi connectivity index (χ0v) is 24.1. The van der Waals surface area contributed by atoms with Gasteiger partial charge in [-0.05, 0) is 57.9 Å². The Hall–Kier alpha value is -3.99. The van der Waals surface area contributed by atoms with Gasteiger partial charge in [-0.25, -0.2) is 9.59 Å². The topological polar surface area (TPSA) is 126 Å². The molecule has 1 aliphatic heterocycles. The van der Waals surface area contributed by atoms with Crippen molar-refractivity contribution in [3.8, 4) is 11.5 Å². The van der Waals surface area contributed by atoms with Crippen LogP contribution in [0.25, 0.3) is 0 Å². The van der Waals surface area contributed by atoms with Gasteiger partial charge in [0, 0.05) is 12.1 Å². The molecule has 0 aliphatic carbocycles. The molecule has 2 atom stereocenters. The first-order chi connectivity index (χ1) is 18.5. The normalized spacial score (nSPS) is 19.2. The fourth-order valence-corrected chi connectivity index (χ4v) is 7.12. The molecule has 10 nitrogen and oxygen atoms in total. The average molecular weight is 553 g/mol. The summed E-state index contributed by atoms with van der Waals surface area (Å²) in [6.45, 7) is 10.2. The summed E-state index contributed by atoms with van der Waals surface area (Å²) >= 11 is 0. The Morgan fingerprint density at radius 1 is 1.03 bits per heavy atom. The highest BCUT2D eigenvalue weighted by molar-refractivity contribution is 6.66. The first-order valence-corrected chi connectivity index (χ1v) is 15.8. The Labute approximate surface area is 230 Å². The Morgan fingerprint density at radius 2 is 1.59 bits per heavy atom. The van der Waals surface area contributed by atoms with Crippen LogP contribution in [0.5, 0.6) is 11.5 Å². The molecule has 1 saturated heterocycles. The molecule has 11 heteroatoms. The van der Waals surface area contributed by atoms with Crippen LogP contribution in [-0.4, -0.2) is 62.2 Å². The third-order valence-electron chi connectivity index (χ3n) is 6.69. The van der Waals surface area contributed by atoms with Crippen molar-refractivity contribution in [1.29, 1.82) is 0 Å². The van der Waals surface area contributed by atoms with E-state index in [1.165, 1.54) is 0 Å². The largest absolute Gasteiger partial charge is 0.442 e. The second kappa shape index (κ2) is 12.7. The summed E-state index contributed by atoms with van der Waals surface area (Å²) in [6, 6.07) is 16.4. The Bertz CT molecular complexity index is 1200. The summed E-state index contributed by atoms with van der Waals surface area (Å²) in [5.74, 6) is 0.472.